The molecule has 1 saturated heterocycles. The third-order valence-corrected chi connectivity index (χ3v) is 9.11. The van der Waals surface area contributed by atoms with Gasteiger partial charge < -0.3 is 19.7 Å². The Morgan fingerprint density at radius 3 is 2.50 bits per heavy atom. The van der Waals surface area contributed by atoms with Crippen LogP contribution >= 0.6 is 11.6 Å². The Balaban J connectivity index is 1.50. The second-order valence-corrected chi connectivity index (χ2v) is 12.9. The summed E-state index contributed by atoms with van der Waals surface area (Å²) in [5.41, 5.74) is 3.41. The van der Waals surface area contributed by atoms with Gasteiger partial charge in [0, 0.05) is 56.2 Å². The summed E-state index contributed by atoms with van der Waals surface area (Å²) in [6.45, 7) is 11.3. The average molecular weight is 622 g/mol. The largest absolute Gasteiger partial charge is 0.439 e. The summed E-state index contributed by atoms with van der Waals surface area (Å²) in [5, 5.41) is 7.42. The second-order valence-electron chi connectivity index (χ2n) is 12.4. The SMILES string of the molecule is CCCNC(=O)N1C[C@H](C)N(c2nc3cc(-c4noc(=O)[nH]4)nc(-c4cncc(Cl)c4)c3n2CC2CCC(C)CC2)[C@@H](C)C1. The van der Waals surface area contributed by atoms with Crippen LogP contribution in [-0.2, 0) is 6.54 Å². The Bertz CT molecular complexity index is 1680. The zero-order valence-electron chi connectivity index (χ0n) is 25.7. The first-order chi connectivity index (χ1) is 21.2. The number of halogens is 1. The molecule has 1 aliphatic heterocycles. The molecule has 44 heavy (non-hydrogen) atoms. The number of piperazine rings is 1. The lowest BCUT2D eigenvalue weighted by molar-refractivity contribution is 0.175. The first-order valence-electron chi connectivity index (χ1n) is 15.6. The number of carbonyl (C=O) groups is 1. The van der Waals surface area contributed by atoms with Crippen molar-refractivity contribution in [2.45, 2.75) is 78.4 Å². The van der Waals surface area contributed by atoms with Gasteiger partial charge in [0.1, 0.15) is 5.69 Å². The molecule has 12 nitrogen and oxygen atoms in total. The van der Waals surface area contributed by atoms with Crippen molar-refractivity contribution >= 4 is 34.6 Å². The number of hydrogen-bond acceptors (Lipinski definition) is 8. The zero-order chi connectivity index (χ0) is 31.0. The van der Waals surface area contributed by atoms with Crippen LogP contribution in [0.1, 0.15) is 59.8 Å². The first kappa shape index (κ1) is 30.1. The van der Waals surface area contributed by atoms with Gasteiger partial charge in [-0.1, -0.05) is 43.4 Å². The third-order valence-electron chi connectivity index (χ3n) is 8.91. The summed E-state index contributed by atoms with van der Waals surface area (Å²) in [6.07, 6.45) is 8.93. The van der Waals surface area contributed by atoms with E-state index in [9.17, 15) is 9.59 Å². The first-order valence-corrected chi connectivity index (χ1v) is 16.0. The van der Waals surface area contributed by atoms with Crippen LogP contribution in [0.5, 0.6) is 0 Å². The molecule has 0 aromatic carbocycles. The van der Waals surface area contributed by atoms with Gasteiger partial charge >= 0.3 is 11.8 Å². The Hall–Kier alpha value is -3.93. The molecule has 6 rings (SSSR count). The van der Waals surface area contributed by atoms with E-state index in [1.54, 1.807) is 12.4 Å². The molecule has 5 heterocycles. The van der Waals surface area contributed by atoms with Crippen LogP contribution in [-0.4, -0.2) is 72.3 Å². The fraction of sp³-hybridized carbons (Fsp3) is 0.548. The maximum atomic E-state index is 12.9. The van der Waals surface area contributed by atoms with Crippen molar-refractivity contribution in [1.29, 1.82) is 0 Å². The van der Waals surface area contributed by atoms with Crippen molar-refractivity contribution in [2.24, 2.45) is 11.8 Å². The topological polar surface area (TPSA) is 138 Å². The summed E-state index contributed by atoms with van der Waals surface area (Å²) < 4.78 is 7.12. The lowest BCUT2D eigenvalue weighted by atomic mass is 9.83. The number of urea groups is 1. The van der Waals surface area contributed by atoms with Crippen molar-refractivity contribution < 1.29 is 9.32 Å². The van der Waals surface area contributed by atoms with Crippen molar-refractivity contribution in [2.75, 3.05) is 24.5 Å². The maximum absolute atomic E-state index is 12.9. The molecule has 0 spiro atoms. The molecule has 234 valence electrons. The quantitative estimate of drug-likeness (QED) is 0.282. The van der Waals surface area contributed by atoms with E-state index in [0.29, 0.717) is 42.0 Å². The fourth-order valence-corrected chi connectivity index (χ4v) is 6.89. The molecular formula is C31H40ClN9O3. The van der Waals surface area contributed by atoms with Crippen LogP contribution in [0.2, 0.25) is 5.02 Å². The molecule has 2 amide bonds. The molecule has 4 aromatic rings. The number of aromatic amines is 1. The number of fused-ring (bicyclic) bond motifs is 1. The van der Waals surface area contributed by atoms with Crippen LogP contribution < -0.4 is 16.0 Å². The van der Waals surface area contributed by atoms with Crippen molar-refractivity contribution in [3.63, 3.8) is 0 Å². The number of nitrogens with zero attached hydrogens (tertiary/aromatic N) is 7. The van der Waals surface area contributed by atoms with Gasteiger partial charge in [-0.15, -0.1) is 0 Å². The molecule has 2 aliphatic rings. The van der Waals surface area contributed by atoms with Gasteiger partial charge in [-0.25, -0.2) is 19.6 Å². The molecule has 1 saturated carbocycles. The molecule has 0 bridgehead atoms. The molecule has 13 heteroatoms. The Labute approximate surface area is 261 Å². The molecule has 2 N–H and O–H groups in total. The van der Waals surface area contributed by atoms with Gasteiger partial charge in [-0.3, -0.25) is 14.5 Å². The number of amides is 2. The Kier molecular flexibility index (Phi) is 8.61. The summed E-state index contributed by atoms with van der Waals surface area (Å²) in [4.78, 5) is 46.2. The zero-order valence-corrected chi connectivity index (χ0v) is 26.5. The number of rotatable bonds is 7. The number of hydrogen-bond donors (Lipinski definition) is 2. The monoisotopic (exact) mass is 621 g/mol. The highest BCUT2D eigenvalue weighted by molar-refractivity contribution is 6.30. The predicted octanol–water partition coefficient (Wildman–Crippen LogP) is 5.33. The van der Waals surface area contributed by atoms with E-state index < -0.39 is 5.76 Å². The minimum absolute atomic E-state index is 0.0173. The van der Waals surface area contributed by atoms with E-state index in [-0.39, 0.29) is 23.9 Å². The molecule has 1 aliphatic carbocycles. The Morgan fingerprint density at radius 2 is 1.84 bits per heavy atom. The van der Waals surface area contributed by atoms with Crippen molar-refractivity contribution in [3.8, 4) is 22.8 Å². The summed E-state index contributed by atoms with van der Waals surface area (Å²) in [6, 6.07) is 3.69. The minimum Gasteiger partial charge on any atom is -0.338 e. The van der Waals surface area contributed by atoms with Crippen LogP contribution in [0.15, 0.2) is 33.8 Å². The third kappa shape index (κ3) is 6.04. The van der Waals surface area contributed by atoms with Gasteiger partial charge in [0.25, 0.3) is 0 Å². The number of anilines is 1. The number of pyridine rings is 2. The molecule has 2 fully saturated rings. The Morgan fingerprint density at radius 1 is 1.09 bits per heavy atom. The molecule has 0 radical (unpaired) electrons. The van der Waals surface area contributed by atoms with E-state index in [4.69, 9.17) is 26.1 Å². The standard InChI is InChI=1S/C31H40ClN9O3/c1-5-10-34-30(42)39-15-19(3)41(20(4)16-39)29-36-24-12-25(28-37-31(43)44-38-28)35-26(22-11-23(32)14-33-13-22)27(24)40(29)17-21-8-6-18(2)7-9-21/h11-14,18-21H,5-10,15-17H2,1-4H3,(H,34,42)(H,37,38,43)/t18?,19-,20-,21?/m0/s1. The van der Waals surface area contributed by atoms with Crippen molar-refractivity contribution in [1.82, 2.24) is 39.9 Å². The highest BCUT2D eigenvalue weighted by Gasteiger charge is 2.36. The van der Waals surface area contributed by atoms with Gasteiger partial charge in [0.15, 0.2) is 0 Å². The van der Waals surface area contributed by atoms with Crippen LogP contribution in [0.4, 0.5) is 10.7 Å². The second kappa shape index (κ2) is 12.6. The summed E-state index contributed by atoms with van der Waals surface area (Å²) in [5.74, 6) is 1.63. The lowest BCUT2D eigenvalue weighted by Gasteiger charge is -2.45. The van der Waals surface area contributed by atoms with Crippen LogP contribution in [0, 0.1) is 11.8 Å². The van der Waals surface area contributed by atoms with Gasteiger partial charge in [0.2, 0.25) is 11.8 Å². The number of aromatic nitrogens is 6. The normalized spacial score (nSPS) is 22.5. The highest BCUT2D eigenvalue weighted by atomic mass is 35.5. The van der Waals surface area contributed by atoms with Gasteiger partial charge in [-0.2, -0.15) is 0 Å². The highest BCUT2D eigenvalue weighted by Crippen LogP contribution is 2.38. The van der Waals surface area contributed by atoms with E-state index in [2.05, 4.69) is 57.6 Å². The smallest absolute Gasteiger partial charge is 0.338 e. The van der Waals surface area contributed by atoms with E-state index in [1.165, 1.54) is 12.8 Å². The maximum Gasteiger partial charge on any atom is 0.439 e. The van der Waals surface area contributed by atoms with Gasteiger partial charge in [0.05, 0.1) is 21.7 Å². The molecular weight excluding hydrogens is 582 g/mol. The predicted molar refractivity (Wildman–Crippen MR) is 170 cm³/mol. The average Bonchev–Trinajstić information content (AvgIpc) is 3.59. The van der Waals surface area contributed by atoms with Crippen molar-refractivity contribution in [3.05, 3.63) is 40.1 Å². The number of nitrogens with one attached hydrogen (secondary N) is 2. The van der Waals surface area contributed by atoms with Crippen LogP contribution in [0.25, 0.3) is 33.8 Å². The molecule has 0 unspecified atom stereocenters. The lowest BCUT2D eigenvalue weighted by Crippen LogP contribution is -2.60. The fourth-order valence-electron chi connectivity index (χ4n) is 6.71. The number of imidazole rings is 1. The van der Waals surface area contributed by atoms with Gasteiger partial charge in [-0.05, 0) is 57.1 Å². The molecule has 2 atom stereocenters. The summed E-state index contributed by atoms with van der Waals surface area (Å²) in [7, 11) is 0. The summed E-state index contributed by atoms with van der Waals surface area (Å²) >= 11 is 6.42. The number of H-pyrrole nitrogens is 1. The van der Waals surface area contributed by atoms with E-state index in [0.717, 1.165) is 54.3 Å². The van der Waals surface area contributed by atoms with Crippen LogP contribution in [0.3, 0.4) is 0 Å². The minimum atomic E-state index is -0.658. The van der Waals surface area contributed by atoms with E-state index in [1.807, 2.05) is 17.0 Å². The van der Waals surface area contributed by atoms with E-state index >= 15 is 0 Å². The molecule has 4 aromatic heterocycles. The number of carbonyl (C=O) groups excluding carboxylic acids is 1.